The molecule has 2 heteroatoms. The molecule has 1 nitrogen and oxygen atoms in total. The molecule has 0 saturated heterocycles. The second-order valence-corrected chi connectivity index (χ2v) is 4.68. The summed E-state index contributed by atoms with van der Waals surface area (Å²) in [4.78, 5) is 1.23. The van der Waals surface area contributed by atoms with Crippen LogP contribution in [0, 0.1) is 0 Å². The lowest BCUT2D eigenvalue weighted by molar-refractivity contribution is 1.73. The fourth-order valence-electron chi connectivity index (χ4n) is 1.93. The van der Waals surface area contributed by atoms with E-state index in [4.69, 9.17) is 5.73 Å². The first-order valence-electron chi connectivity index (χ1n) is 5.17. The zero-order valence-electron chi connectivity index (χ0n) is 8.68. The highest BCUT2D eigenvalue weighted by molar-refractivity contribution is 7.14. The molecule has 1 aromatic heterocycles. The third-order valence-electron chi connectivity index (χ3n) is 2.67. The van der Waals surface area contributed by atoms with Gasteiger partial charge in [-0.1, -0.05) is 42.5 Å². The van der Waals surface area contributed by atoms with Crippen molar-refractivity contribution >= 4 is 27.8 Å². The van der Waals surface area contributed by atoms with Crippen LogP contribution in [0.25, 0.3) is 21.2 Å². The molecule has 0 bridgehead atoms. The Morgan fingerprint density at radius 2 is 1.75 bits per heavy atom. The number of anilines is 1. The van der Waals surface area contributed by atoms with Crippen LogP contribution in [0.15, 0.2) is 53.9 Å². The van der Waals surface area contributed by atoms with Crippen molar-refractivity contribution in [2.45, 2.75) is 0 Å². The minimum absolute atomic E-state index is 0.841. The molecule has 0 fully saturated rings. The van der Waals surface area contributed by atoms with E-state index in [9.17, 15) is 0 Å². The molecule has 0 atom stereocenters. The van der Waals surface area contributed by atoms with Crippen LogP contribution in [0.4, 0.5) is 5.69 Å². The van der Waals surface area contributed by atoms with E-state index in [0.717, 1.165) is 5.69 Å². The van der Waals surface area contributed by atoms with E-state index in [-0.39, 0.29) is 0 Å². The molecule has 1 heterocycles. The largest absolute Gasteiger partial charge is 0.398 e. The summed E-state index contributed by atoms with van der Waals surface area (Å²) in [6.45, 7) is 0. The zero-order valence-corrected chi connectivity index (χ0v) is 9.50. The van der Waals surface area contributed by atoms with Crippen LogP contribution in [0.5, 0.6) is 0 Å². The van der Waals surface area contributed by atoms with Gasteiger partial charge in [0.25, 0.3) is 0 Å². The molecule has 0 spiro atoms. The topological polar surface area (TPSA) is 26.0 Å². The number of rotatable bonds is 1. The second kappa shape index (κ2) is 3.65. The van der Waals surface area contributed by atoms with Gasteiger partial charge in [0.2, 0.25) is 0 Å². The smallest absolute Gasteiger partial charge is 0.0429 e. The van der Waals surface area contributed by atoms with Gasteiger partial charge in [-0.15, -0.1) is 11.3 Å². The maximum atomic E-state index is 5.77. The fraction of sp³-hybridized carbons (Fsp3) is 0. The Morgan fingerprint density at radius 1 is 0.938 bits per heavy atom. The molecular formula is C14H11NS. The van der Waals surface area contributed by atoms with Gasteiger partial charge in [-0.05, 0) is 22.4 Å². The SMILES string of the molecule is Nc1csc(-c2cccc3ccccc23)c1. The third-order valence-corrected chi connectivity index (χ3v) is 3.66. The lowest BCUT2D eigenvalue weighted by atomic mass is 10.0. The van der Waals surface area contributed by atoms with Crippen molar-refractivity contribution in [1.29, 1.82) is 0 Å². The molecule has 0 aliphatic rings. The van der Waals surface area contributed by atoms with Crippen LogP contribution in [-0.2, 0) is 0 Å². The maximum absolute atomic E-state index is 5.77. The standard InChI is InChI=1S/C14H11NS/c15-11-8-14(16-9-11)13-7-3-5-10-4-1-2-6-12(10)13/h1-9H,15H2. The number of hydrogen-bond acceptors (Lipinski definition) is 2. The van der Waals surface area contributed by atoms with Crippen LogP contribution in [-0.4, -0.2) is 0 Å². The van der Waals surface area contributed by atoms with Crippen molar-refractivity contribution in [2.75, 3.05) is 5.73 Å². The highest BCUT2D eigenvalue weighted by atomic mass is 32.1. The van der Waals surface area contributed by atoms with Gasteiger partial charge in [0, 0.05) is 15.9 Å². The van der Waals surface area contributed by atoms with Gasteiger partial charge in [-0.3, -0.25) is 0 Å². The Hall–Kier alpha value is -1.80. The predicted molar refractivity (Wildman–Crippen MR) is 71.7 cm³/mol. The molecule has 2 aromatic carbocycles. The second-order valence-electron chi connectivity index (χ2n) is 3.77. The Kier molecular flexibility index (Phi) is 2.15. The summed E-state index contributed by atoms with van der Waals surface area (Å²) in [6.07, 6.45) is 0. The molecular weight excluding hydrogens is 214 g/mol. The predicted octanol–water partition coefficient (Wildman–Crippen LogP) is 4.15. The highest BCUT2D eigenvalue weighted by Gasteiger charge is 2.04. The van der Waals surface area contributed by atoms with E-state index in [2.05, 4.69) is 42.5 Å². The fourth-order valence-corrected chi connectivity index (χ4v) is 2.77. The van der Waals surface area contributed by atoms with Gasteiger partial charge in [-0.2, -0.15) is 0 Å². The third kappa shape index (κ3) is 1.48. The molecule has 0 aliphatic heterocycles. The van der Waals surface area contributed by atoms with Crippen molar-refractivity contribution in [3.8, 4) is 10.4 Å². The summed E-state index contributed by atoms with van der Waals surface area (Å²) in [5.74, 6) is 0. The van der Waals surface area contributed by atoms with E-state index in [1.54, 1.807) is 11.3 Å². The molecule has 2 N–H and O–H groups in total. The van der Waals surface area contributed by atoms with Gasteiger partial charge in [0.15, 0.2) is 0 Å². The summed E-state index contributed by atoms with van der Waals surface area (Å²) in [7, 11) is 0. The summed E-state index contributed by atoms with van der Waals surface area (Å²) in [5.41, 5.74) is 7.87. The van der Waals surface area contributed by atoms with Crippen LogP contribution >= 0.6 is 11.3 Å². The zero-order chi connectivity index (χ0) is 11.0. The molecule has 0 amide bonds. The Labute approximate surface area is 98.2 Å². The van der Waals surface area contributed by atoms with Crippen LogP contribution in [0.2, 0.25) is 0 Å². The van der Waals surface area contributed by atoms with Crippen LogP contribution < -0.4 is 5.73 Å². The Morgan fingerprint density at radius 3 is 2.56 bits per heavy atom. The van der Waals surface area contributed by atoms with E-state index < -0.39 is 0 Å². The van der Waals surface area contributed by atoms with Crippen LogP contribution in [0.1, 0.15) is 0 Å². The molecule has 0 aliphatic carbocycles. The molecule has 16 heavy (non-hydrogen) atoms. The molecule has 0 radical (unpaired) electrons. The molecule has 3 rings (SSSR count). The summed E-state index contributed by atoms with van der Waals surface area (Å²) in [5, 5.41) is 4.54. The number of hydrogen-bond donors (Lipinski definition) is 1. The van der Waals surface area contributed by atoms with Crippen LogP contribution in [0.3, 0.4) is 0 Å². The minimum atomic E-state index is 0.841. The normalized spacial score (nSPS) is 10.8. The summed E-state index contributed by atoms with van der Waals surface area (Å²) < 4.78 is 0. The average Bonchev–Trinajstić information content (AvgIpc) is 2.75. The average molecular weight is 225 g/mol. The van der Waals surface area contributed by atoms with Gasteiger partial charge in [-0.25, -0.2) is 0 Å². The number of benzene rings is 2. The molecule has 3 aromatic rings. The minimum Gasteiger partial charge on any atom is -0.398 e. The first kappa shape index (κ1) is 9.43. The molecule has 0 unspecified atom stereocenters. The van der Waals surface area contributed by atoms with Crippen molar-refractivity contribution in [3.63, 3.8) is 0 Å². The maximum Gasteiger partial charge on any atom is 0.0429 e. The monoisotopic (exact) mass is 225 g/mol. The lowest BCUT2D eigenvalue weighted by Crippen LogP contribution is -1.79. The number of nitrogens with two attached hydrogens (primary N) is 1. The first-order chi connectivity index (χ1) is 7.84. The van der Waals surface area contributed by atoms with Crippen molar-refractivity contribution in [3.05, 3.63) is 53.9 Å². The molecule has 0 saturated carbocycles. The van der Waals surface area contributed by atoms with Gasteiger partial charge >= 0.3 is 0 Å². The Bertz CT molecular complexity index is 635. The van der Waals surface area contributed by atoms with Crippen molar-refractivity contribution in [1.82, 2.24) is 0 Å². The number of nitrogen functional groups attached to an aromatic ring is 1. The first-order valence-corrected chi connectivity index (χ1v) is 6.05. The lowest BCUT2D eigenvalue weighted by Gasteiger charge is -2.03. The van der Waals surface area contributed by atoms with E-state index in [1.807, 2.05) is 11.4 Å². The van der Waals surface area contributed by atoms with Crippen molar-refractivity contribution < 1.29 is 0 Å². The van der Waals surface area contributed by atoms with Gasteiger partial charge < -0.3 is 5.73 Å². The highest BCUT2D eigenvalue weighted by Crippen LogP contribution is 2.33. The summed E-state index contributed by atoms with van der Waals surface area (Å²) >= 11 is 1.69. The number of fused-ring (bicyclic) bond motifs is 1. The van der Waals surface area contributed by atoms with Gasteiger partial charge in [0.1, 0.15) is 0 Å². The molecule has 78 valence electrons. The van der Waals surface area contributed by atoms with E-state index in [1.165, 1.54) is 21.2 Å². The van der Waals surface area contributed by atoms with E-state index >= 15 is 0 Å². The Balaban J connectivity index is 2.31. The number of thiophene rings is 1. The van der Waals surface area contributed by atoms with Crippen molar-refractivity contribution in [2.24, 2.45) is 0 Å². The van der Waals surface area contributed by atoms with E-state index in [0.29, 0.717) is 0 Å². The quantitative estimate of drug-likeness (QED) is 0.661. The summed E-state index contributed by atoms with van der Waals surface area (Å²) in [6, 6.07) is 16.8. The van der Waals surface area contributed by atoms with Gasteiger partial charge in [0.05, 0.1) is 0 Å².